The molecule has 162 valence electrons. The summed E-state index contributed by atoms with van der Waals surface area (Å²) in [5.74, 6) is -0.00107. The summed E-state index contributed by atoms with van der Waals surface area (Å²) in [6, 6.07) is 22.3. The molecular formula is C24H21N3O4S. The molecule has 0 aliphatic rings. The lowest BCUT2D eigenvalue weighted by Crippen LogP contribution is -2.15. The first-order chi connectivity index (χ1) is 15.3. The number of nitrogens with zero attached hydrogens (tertiary/aromatic N) is 1. The highest BCUT2D eigenvalue weighted by Gasteiger charge is 2.22. The minimum atomic E-state index is -3.75. The molecule has 3 aromatic carbocycles. The summed E-state index contributed by atoms with van der Waals surface area (Å²) in [5.41, 5.74) is 3.49. The van der Waals surface area contributed by atoms with Gasteiger partial charge in [0.25, 0.3) is 15.9 Å². The number of anilines is 2. The van der Waals surface area contributed by atoms with Crippen molar-refractivity contribution < 1.29 is 17.7 Å². The van der Waals surface area contributed by atoms with Gasteiger partial charge in [-0.05, 0) is 50.2 Å². The summed E-state index contributed by atoms with van der Waals surface area (Å²) in [4.78, 5) is 13.0. The molecule has 0 fully saturated rings. The van der Waals surface area contributed by atoms with E-state index in [0.717, 1.165) is 11.1 Å². The van der Waals surface area contributed by atoms with Crippen molar-refractivity contribution in [1.29, 1.82) is 0 Å². The number of carbonyl (C=O) groups excluding carboxylic acids is 1. The number of sulfonamides is 1. The van der Waals surface area contributed by atoms with Gasteiger partial charge in [-0.2, -0.15) is 0 Å². The Balaban J connectivity index is 1.52. The van der Waals surface area contributed by atoms with Gasteiger partial charge in [0.2, 0.25) is 0 Å². The Labute approximate surface area is 186 Å². The zero-order chi connectivity index (χ0) is 22.7. The average molecular weight is 448 g/mol. The van der Waals surface area contributed by atoms with Crippen LogP contribution in [0.3, 0.4) is 0 Å². The van der Waals surface area contributed by atoms with E-state index in [0.29, 0.717) is 28.4 Å². The molecule has 1 heterocycles. The molecule has 1 amide bonds. The van der Waals surface area contributed by atoms with Gasteiger partial charge in [0, 0.05) is 16.9 Å². The van der Waals surface area contributed by atoms with E-state index in [-0.39, 0.29) is 4.90 Å². The van der Waals surface area contributed by atoms with Crippen LogP contribution in [0.15, 0.2) is 88.3 Å². The molecule has 0 radical (unpaired) electrons. The molecule has 0 atom stereocenters. The minimum absolute atomic E-state index is 0.0854. The Morgan fingerprint density at radius 1 is 0.844 bits per heavy atom. The molecule has 0 aliphatic carbocycles. The lowest BCUT2D eigenvalue weighted by atomic mass is 10.1. The van der Waals surface area contributed by atoms with Gasteiger partial charge < -0.3 is 9.84 Å². The second-order valence-electron chi connectivity index (χ2n) is 7.28. The molecule has 8 heteroatoms. The molecule has 2 N–H and O–H groups in total. The number of aromatic nitrogens is 1. The number of rotatable bonds is 6. The smallest absolute Gasteiger partial charge is 0.261 e. The van der Waals surface area contributed by atoms with E-state index in [9.17, 15) is 13.2 Å². The number of carbonyl (C=O) groups is 1. The van der Waals surface area contributed by atoms with Crippen molar-refractivity contribution in [3.8, 4) is 11.3 Å². The van der Waals surface area contributed by atoms with Crippen molar-refractivity contribution >= 4 is 27.3 Å². The van der Waals surface area contributed by atoms with E-state index < -0.39 is 15.9 Å². The highest BCUT2D eigenvalue weighted by atomic mass is 32.2. The topological polar surface area (TPSA) is 101 Å². The van der Waals surface area contributed by atoms with Crippen molar-refractivity contribution in [2.24, 2.45) is 0 Å². The Hall–Kier alpha value is -3.91. The van der Waals surface area contributed by atoms with Gasteiger partial charge in [-0.3, -0.25) is 9.52 Å². The minimum Gasteiger partial charge on any atom is -0.360 e. The van der Waals surface area contributed by atoms with Crippen LogP contribution in [-0.4, -0.2) is 19.5 Å². The van der Waals surface area contributed by atoms with Crippen LogP contribution in [0.5, 0.6) is 0 Å². The fraction of sp³-hybridized carbons (Fsp3) is 0.0833. The molecule has 1 aromatic heterocycles. The maximum absolute atomic E-state index is 12.9. The molecule has 0 spiro atoms. The van der Waals surface area contributed by atoms with Crippen LogP contribution in [-0.2, 0) is 10.0 Å². The summed E-state index contributed by atoms with van der Waals surface area (Å²) >= 11 is 0. The van der Waals surface area contributed by atoms with Gasteiger partial charge in [-0.25, -0.2) is 8.42 Å². The quantitative estimate of drug-likeness (QED) is 0.433. The van der Waals surface area contributed by atoms with Gasteiger partial charge in [-0.15, -0.1) is 0 Å². The van der Waals surface area contributed by atoms with Crippen LogP contribution in [0, 0.1) is 13.8 Å². The highest BCUT2D eigenvalue weighted by molar-refractivity contribution is 7.92. The Morgan fingerprint density at radius 3 is 2.12 bits per heavy atom. The molecule has 0 bridgehead atoms. The predicted octanol–water partition coefficient (Wildman–Crippen LogP) is 5.01. The number of hydrogen-bond donors (Lipinski definition) is 2. The normalized spacial score (nSPS) is 11.2. The lowest BCUT2D eigenvalue weighted by molar-refractivity contribution is 0.102. The fourth-order valence-electron chi connectivity index (χ4n) is 3.18. The summed E-state index contributed by atoms with van der Waals surface area (Å²) in [5, 5.41) is 6.79. The van der Waals surface area contributed by atoms with Crippen molar-refractivity contribution in [2.45, 2.75) is 18.7 Å². The third-order valence-corrected chi connectivity index (χ3v) is 6.26. The van der Waals surface area contributed by atoms with Crippen LogP contribution in [0.1, 0.15) is 21.7 Å². The van der Waals surface area contributed by atoms with Crippen LogP contribution in [0.25, 0.3) is 11.3 Å². The van der Waals surface area contributed by atoms with Gasteiger partial charge >= 0.3 is 0 Å². The first kappa shape index (κ1) is 21.3. The molecule has 4 aromatic rings. The van der Waals surface area contributed by atoms with E-state index in [1.807, 2.05) is 49.4 Å². The number of benzene rings is 3. The monoisotopic (exact) mass is 447 g/mol. The highest BCUT2D eigenvalue weighted by Crippen LogP contribution is 2.26. The van der Waals surface area contributed by atoms with Gasteiger partial charge in [0.05, 0.1) is 4.90 Å². The van der Waals surface area contributed by atoms with E-state index in [4.69, 9.17) is 4.52 Å². The first-order valence-electron chi connectivity index (χ1n) is 9.86. The molecule has 0 unspecified atom stereocenters. The standard InChI is InChI=1S/C24H21N3O4S/c1-16-8-10-20(11-9-16)27-32(29,30)21-14-12-19(13-15-21)25-24(28)22-17(2)31-26-23(22)18-6-4-3-5-7-18/h3-15,27H,1-2H3,(H,25,28). The number of amides is 1. The lowest BCUT2D eigenvalue weighted by Gasteiger charge is -2.10. The van der Waals surface area contributed by atoms with Crippen LogP contribution < -0.4 is 10.0 Å². The summed E-state index contributed by atoms with van der Waals surface area (Å²) < 4.78 is 33.0. The molecule has 4 rings (SSSR count). The maximum atomic E-state index is 12.9. The summed E-state index contributed by atoms with van der Waals surface area (Å²) in [6.07, 6.45) is 0. The third kappa shape index (κ3) is 4.55. The molecule has 32 heavy (non-hydrogen) atoms. The molecular weight excluding hydrogens is 426 g/mol. The van der Waals surface area contributed by atoms with E-state index >= 15 is 0 Å². The third-order valence-electron chi connectivity index (χ3n) is 4.86. The fourth-order valence-corrected chi connectivity index (χ4v) is 4.24. The van der Waals surface area contributed by atoms with Crippen molar-refractivity contribution in [1.82, 2.24) is 5.16 Å². The molecule has 0 aliphatic heterocycles. The molecule has 0 saturated carbocycles. The SMILES string of the molecule is Cc1ccc(NS(=O)(=O)c2ccc(NC(=O)c3c(-c4ccccc4)noc3C)cc2)cc1. The first-order valence-corrected chi connectivity index (χ1v) is 11.3. The molecule has 0 saturated heterocycles. The van der Waals surface area contributed by atoms with E-state index in [2.05, 4.69) is 15.2 Å². The van der Waals surface area contributed by atoms with Crippen molar-refractivity contribution in [3.63, 3.8) is 0 Å². The zero-order valence-corrected chi connectivity index (χ0v) is 18.3. The van der Waals surface area contributed by atoms with Gasteiger partial charge in [-0.1, -0.05) is 53.2 Å². The van der Waals surface area contributed by atoms with Crippen molar-refractivity contribution in [2.75, 3.05) is 10.0 Å². The predicted molar refractivity (Wildman–Crippen MR) is 123 cm³/mol. The van der Waals surface area contributed by atoms with Crippen LogP contribution in [0.4, 0.5) is 11.4 Å². The average Bonchev–Trinajstić information content (AvgIpc) is 3.18. The van der Waals surface area contributed by atoms with Gasteiger partial charge in [0.1, 0.15) is 17.0 Å². The van der Waals surface area contributed by atoms with Crippen LogP contribution >= 0.6 is 0 Å². The maximum Gasteiger partial charge on any atom is 0.261 e. The zero-order valence-electron chi connectivity index (χ0n) is 17.5. The Bertz CT molecular complexity index is 1340. The largest absolute Gasteiger partial charge is 0.360 e. The number of aryl methyl sites for hydroxylation is 2. The summed E-state index contributed by atoms with van der Waals surface area (Å²) in [7, 11) is -3.75. The Morgan fingerprint density at radius 2 is 1.47 bits per heavy atom. The van der Waals surface area contributed by atoms with Gasteiger partial charge in [0.15, 0.2) is 0 Å². The van der Waals surface area contributed by atoms with Crippen LogP contribution in [0.2, 0.25) is 0 Å². The number of hydrogen-bond acceptors (Lipinski definition) is 5. The summed E-state index contributed by atoms with van der Waals surface area (Å²) in [6.45, 7) is 3.59. The van der Waals surface area contributed by atoms with Crippen molar-refractivity contribution in [3.05, 3.63) is 95.7 Å². The molecule has 7 nitrogen and oxygen atoms in total. The number of nitrogens with one attached hydrogen (secondary N) is 2. The Kier molecular flexibility index (Phi) is 5.79. The second-order valence-corrected chi connectivity index (χ2v) is 8.96. The second kappa shape index (κ2) is 8.68. The van der Waals surface area contributed by atoms with E-state index in [1.54, 1.807) is 19.1 Å². The van der Waals surface area contributed by atoms with E-state index in [1.165, 1.54) is 24.3 Å².